The standard InChI is InChI=1S/C12H22N2O3/c1-8(7-11(15)16)13-12(17)14-9(2)10-5-3-4-6-10/h8-10H,3-7H2,1-2H3,(H,15,16)(H2,13,14,17). The summed E-state index contributed by atoms with van der Waals surface area (Å²) >= 11 is 0. The number of hydrogen-bond acceptors (Lipinski definition) is 2. The molecule has 1 aliphatic rings. The van der Waals surface area contributed by atoms with Crippen molar-refractivity contribution in [3.8, 4) is 0 Å². The molecular weight excluding hydrogens is 220 g/mol. The molecule has 0 aromatic heterocycles. The molecule has 5 nitrogen and oxygen atoms in total. The van der Waals surface area contributed by atoms with Gasteiger partial charge < -0.3 is 15.7 Å². The van der Waals surface area contributed by atoms with Crippen molar-refractivity contribution in [2.45, 2.75) is 58.0 Å². The van der Waals surface area contributed by atoms with Gasteiger partial charge in [0, 0.05) is 12.1 Å². The van der Waals surface area contributed by atoms with Crippen molar-refractivity contribution in [1.29, 1.82) is 0 Å². The van der Waals surface area contributed by atoms with Gasteiger partial charge in [-0.25, -0.2) is 4.79 Å². The van der Waals surface area contributed by atoms with Gasteiger partial charge in [-0.15, -0.1) is 0 Å². The molecule has 1 saturated carbocycles. The highest BCUT2D eigenvalue weighted by Gasteiger charge is 2.23. The first-order valence-electron chi connectivity index (χ1n) is 6.28. The zero-order chi connectivity index (χ0) is 12.8. The first kappa shape index (κ1) is 13.8. The van der Waals surface area contributed by atoms with Crippen LogP contribution in [0.5, 0.6) is 0 Å². The van der Waals surface area contributed by atoms with Crippen molar-refractivity contribution in [2.24, 2.45) is 5.92 Å². The largest absolute Gasteiger partial charge is 0.481 e. The Morgan fingerprint density at radius 3 is 2.35 bits per heavy atom. The molecule has 98 valence electrons. The monoisotopic (exact) mass is 242 g/mol. The van der Waals surface area contributed by atoms with Gasteiger partial charge in [0.05, 0.1) is 6.42 Å². The fourth-order valence-electron chi connectivity index (χ4n) is 2.36. The minimum atomic E-state index is -0.901. The molecule has 1 rings (SSSR count). The number of urea groups is 1. The topological polar surface area (TPSA) is 78.4 Å². The summed E-state index contributed by atoms with van der Waals surface area (Å²) in [7, 11) is 0. The predicted molar refractivity (Wildman–Crippen MR) is 64.8 cm³/mol. The number of nitrogens with one attached hydrogen (secondary N) is 2. The zero-order valence-corrected chi connectivity index (χ0v) is 10.5. The minimum absolute atomic E-state index is 0.0504. The molecule has 2 atom stereocenters. The van der Waals surface area contributed by atoms with E-state index in [9.17, 15) is 9.59 Å². The molecule has 0 aliphatic heterocycles. The average molecular weight is 242 g/mol. The second-order valence-electron chi connectivity index (χ2n) is 4.95. The smallest absolute Gasteiger partial charge is 0.315 e. The van der Waals surface area contributed by atoms with E-state index in [4.69, 9.17) is 5.11 Å². The van der Waals surface area contributed by atoms with Crippen molar-refractivity contribution >= 4 is 12.0 Å². The summed E-state index contributed by atoms with van der Waals surface area (Å²) in [6.45, 7) is 3.70. The van der Waals surface area contributed by atoms with Gasteiger partial charge in [0.1, 0.15) is 0 Å². The van der Waals surface area contributed by atoms with E-state index in [0.717, 1.165) is 0 Å². The van der Waals surface area contributed by atoms with Crippen LogP contribution in [0.1, 0.15) is 46.0 Å². The van der Waals surface area contributed by atoms with Crippen LogP contribution in [-0.4, -0.2) is 29.2 Å². The molecule has 1 fully saturated rings. The van der Waals surface area contributed by atoms with Crippen molar-refractivity contribution in [2.75, 3.05) is 0 Å². The molecule has 1 aliphatic carbocycles. The normalized spacial score (nSPS) is 19.6. The van der Waals surface area contributed by atoms with E-state index in [-0.39, 0.29) is 24.5 Å². The van der Waals surface area contributed by atoms with Crippen molar-refractivity contribution in [3.63, 3.8) is 0 Å². The first-order chi connectivity index (χ1) is 7.99. The molecule has 2 unspecified atom stereocenters. The molecule has 0 spiro atoms. The molecule has 17 heavy (non-hydrogen) atoms. The first-order valence-corrected chi connectivity index (χ1v) is 6.28. The third-order valence-electron chi connectivity index (χ3n) is 3.32. The highest BCUT2D eigenvalue weighted by atomic mass is 16.4. The second kappa shape index (κ2) is 6.47. The van der Waals surface area contributed by atoms with Gasteiger partial charge in [0.15, 0.2) is 0 Å². The number of rotatable bonds is 5. The summed E-state index contributed by atoms with van der Waals surface area (Å²) in [5.74, 6) is -0.336. The van der Waals surface area contributed by atoms with Gasteiger partial charge in [-0.3, -0.25) is 4.79 Å². The van der Waals surface area contributed by atoms with Crippen LogP contribution in [0.15, 0.2) is 0 Å². The summed E-state index contributed by atoms with van der Waals surface area (Å²) < 4.78 is 0. The fourth-order valence-corrected chi connectivity index (χ4v) is 2.36. The summed E-state index contributed by atoms with van der Waals surface area (Å²) in [6, 6.07) is -0.448. The second-order valence-corrected chi connectivity index (χ2v) is 4.95. The van der Waals surface area contributed by atoms with Gasteiger partial charge in [-0.2, -0.15) is 0 Å². The van der Waals surface area contributed by atoms with E-state index in [0.29, 0.717) is 5.92 Å². The quantitative estimate of drug-likeness (QED) is 0.687. The van der Waals surface area contributed by atoms with E-state index in [1.54, 1.807) is 6.92 Å². The lowest BCUT2D eigenvalue weighted by Crippen LogP contribution is -2.46. The van der Waals surface area contributed by atoms with E-state index in [1.807, 2.05) is 6.92 Å². The van der Waals surface area contributed by atoms with E-state index in [1.165, 1.54) is 25.7 Å². The fraction of sp³-hybridized carbons (Fsp3) is 0.833. The molecule has 0 bridgehead atoms. The van der Waals surface area contributed by atoms with Gasteiger partial charge in [0.2, 0.25) is 0 Å². The minimum Gasteiger partial charge on any atom is -0.481 e. The van der Waals surface area contributed by atoms with Crippen LogP contribution in [0.25, 0.3) is 0 Å². The van der Waals surface area contributed by atoms with E-state index >= 15 is 0 Å². The van der Waals surface area contributed by atoms with Crippen LogP contribution in [0.4, 0.5) is 4.79 Å². The maximum Gasteiger partial charge on any atom is 0.315 e. The molecule has 2 amide bonds. The highest BCUT2D eigenvalue weighted by molar-refractivity contribution is 5.75. The van der Waals surface area contributed by atoms with Crippen LogP contribution >= 0.6 is 0 Å². The van der Waals surface area contributed by atoms with Crippen LogP contribution in [-0.2, 0) is 4.79 Å². The van der Waals surface area contributed by atoms with Crippen molar-refractivity contribution in [1.82, 2.24) is 10.6 Å². The lowest BCUT2D eigenvalue weighted by molar-refractivity contribution is -0.137. The highest BCUT2D eigenvalue weighted by Crippen LogP contribution is 2.27. The Morgan fingerprint density at radius 1 is 1.24 bits per heavy atom. The van der Waals surface area contributed by atoms with Crippen LogP contribution in [0.2, 0.25) is 0 Å². The molecule has 0 radical (unpaired) electrons. The summed E-state index contributed by atoms with van der Waals surface area (Å²) in [5.41, 5.74) is 0. The Hall–Kier alpha value is -1.26. The maximum atomic E-state index is 11.6. The molecule has 3 N–H and O–H groups in total. The number of carboxylic acids is 1. The zero-order valence-electron chi connectivity index (χ0n) is 10.5. The molecule has 0 saturated heterocycles. The Bertz CT molecular complexity index is 275. The Balaban J connectivity index is 2.25. The molecule has 0 aromatic rings. The van der Waals surface area contributed by atoms with Crippen LogP contribution in [0, 0.1) is 5.92 Å². The molecular formula is C12H22N2O3. The Kier molecular flexibility index (Phi) is 5.25. The summed E-state index contributed by atoms with van der Waals surface area (Å²) in [6.07, 6.45) is 4.78. The number of hydrogen-bond donors (Lipinski definition) is 3. The van der Waals surface area contributed by atoms with Crippen LogP contribution < -0.4 is 10.6 Å². The van der Waals surface area contributed by atoms with Crippen molar-refractivity contribution in [3.05, 3.63) is 0 Å². The SMILES string of the molecule is CC(CC(=O)O)NC(=O)NC(C)C1CCCC1. The number of carbonyl (C=O) groups excluding carboxylic acids is 1. The third kappa shape index (κ3) is 5.06. The third-order valence-corrected chi connectivity index (χ3v) is 3.32. The number of carbonyl (C=O) groups is 2. The number of amides is 2. The summed E-state index contributed by atoms with van der Waals surface area (Å²) in [5, 5.41) is 14.1. The predicted octanol–water partition coefficient (Wildman–Crippen LogP) is 1.73. The lowest BCUT2D eigenvalue weighted by atomic mass is 10.0. The van der Waals surface area contributed by atoms with Crippen LogP contribution in [0.3, 0.4) is 0 Å². The number of aliphatic carboxylic acids is 1. The molecule has 0 heterocycles. The number of carboxylic acid groups (broad SMARTS) is 1. The average Bonchev–Trinajstić information content (AvgIpc) is 2.67. The van der Waals surface area contributed by atoms with Gasteiger partial charge in [-0.05, 0) is 32.6 Å². The molecule has 5 heteroatoms. The Morgan fingerprint density at radius 2 is 1.82 bits per heavy atom. The van der Waals surface area contributed by atoms with E-state index in [2.05, 4.69) is 10.6 Å². The van der Waals surface area contributed by atoms with E-state index < -0.39 is 5.97 Å². The van der Waals surface area contributed by atoms with Gasteiger partial charge in [-0.1, -0.05) is 12.8 Å². The lowest BCUT2D eigenvalue weighted by Gasteiger charge is -2.21. The Labute approximate surface area is 102 Å². The summed E-state index contributed by atoms with van der Waals surface area (Å²) in [4.78, 5) is 22.0. The van der Waals surface area contributed by atoms with Gasteiger partial charge in [0.25, 0.3) is 0 Å². The molecule has 0 aromatic carbocycles. The van der Waals surface area contributed by atoms with Crippen molar-refractivity contribution < 1.29 is 14.7 Å². The van der Waals surface area contributed by atoms with Gasteiger partial charge >= 0.3 is 12.0 Å². The maximum absolute atomic E-state index is 11.6.